The Balaban J connectivity index is 0.00000341. The topological polar surface area (TPSA) is 98.0 Å². The van der Waals surface area contributed by atoms with Crippen LogP contribution < -0.4 is 15.4 Å². The van der Waals surface area contributed by atoms with Crippen molar-refractivity contribution in [2.45, 2.75) is 38.5 Å². The fourth-order valence-corrected chi connectivity index (χ4v) is 3.22. The molecule has 0 saturated carbocycles. The molecular weight excluding hydrogens is 511 g/mol. The van der Waals surface area contributed by atoms with Crippen molar-refractivity contribution in [2.24, 2.45) is 4.99 Å². The number of methoxy groups -OCH3 is 1. The average molecular weight is 540 g/mol. The largest absolute Gasteiger partial charge is 0.497 e. The Morgan fingerprint density at radius 2 is 2.00 bits per heavy atom. The standard InChI is InChI=1S/C22H28N4O4.HI/c1-29-20-7-4-5-18(13-20)15-24-22(25-16-21-6-2-3-12-30-21)23-14-17-8-10-19(11-9-17)26(27)28;/h4-5,7-11,13,21H,2-3,6,12,14-16H2,1H3,(H2,23,24,25);1H. The van der Waals surface area contributed by atoms with Crippen molar-refractivity contribution in [3.8, 4) is 5.75 Å². The number of aliphatic imine (C=N–C) groups is 1. The first-order chi connectivity index (χ1) is 14.6. The van der Waals surface area contributed by atoms with Gasteiger partial charge in [0.1, 0.15) is 5.75 Å². The summed E-state index contributed by atoms with van der Waals surface area (Å²) in [5.41, 5.74) is 2.06. The van der Waals surface area contributed by atoms with E-state index in [1.54, 1.807) is 19.2 Å². The Hall–Kier alpha value is -2.40. The van der Waals surface area contributed by atoms with Crippen LogP contribution in [0.1, 0.15) is 30.4 Å². The van der Waals surface area contributed by atoms with E-state index in [-0.39, 0.29) is 35.8 Å². The molecule has 0 bridgehead atoms. The van der Waals surface area contributed by atoms with Crippen LogP contribution in [0.2, 0.25) is 0 Å². The Kier molecular flexibility index (Phi) is 10.5. The molecule has 1 unspecified atom stereocenters. The van der Waals surface area contributed by atoms with Gasteiger partial charge in [-0.1, -0.05) is 24.3 Å². The summed E-state index contributed by atoms with van der Waals surface area (Å²) in [5, 5.41) is 17.5. The first-order valence-corrected chi connectivity index (χ1v) is 10.1. The Morgan fingerprint density at radius 3 is 2.68 bits per heavy atom. The van der Waals surface area contributed by atoms with Gasteiger partial charge in [0.2, 0.25) is 0 Å². The Bertz CT molecular complexity index is 855. The van der Waals surface area contributed by atoms with E-state index in [2.05, 4.69) is 15.6 Å². The van der Waals surface area contributed by atoms with Crippen LogP contribution in [0.3, 0.4) is 0 Å². The molecule has 0 amide bonds. The zero-order valence-corrected chi connectivity index (χ0v) is 19.9. The fourth-order valence-electron chi connectivity index (χ4n) is 3.22. The highest BCUT2D eigenvalue weighted by atomic mass is 127. The lowest BCUT2D eigenvalue weighted by molar-refractivity contribution is -0.384. The van der Waals surface area contributed by atoms with Gasteiger partial charge in [0, 0.05) is 31.8 Å². The number of guanidine groups is 1. The second-order valence-corrected chi connectivity index (χ2v) is 7.16. The first-order valence-electron chi connectivity index (χ1n) is 10.1. The summed E-state index contributed by atoms with van der Waals surface area (Å²) < 4.78 is 11.1. The number of nitro groups is 1. The lowest BCUT2D eigenvalue weighted by Gasteiger charge is -2.24. The van der Waals surface area contributed by atoms with Gasteiger partial charge in [0.15, 0.2) is 5.96 Å². The first kappa shape index (κ1) is 24.9. The summed E-state index contributed by atoms with van der Waals surface area (Å²) in [5.74, 6) is 1.47. The quantitative estimate of drug-likeness (QED) is 0.173. The molecule has 9 heteroatoms. The van der Waals surface area contributed by atoms with Gasteiger partial charge in [-0.25, -0.2) is 4.99 Å². The second-order valence-electron chi connectivity index (χ2n) is 7.16. The smallest absolute Gasteiger partial charge is 0.269 e. The number of halogens is 1. The molecule has 1 heterocycles. The van der Waals surface area contributed by atoms with Crippen molar-refractivity contribution < 1.29 is 14.4 Å². The third kappa shape index (κ3) is 8.33. The number of non-ortho nitro benzene ring substituents is 1. The van der Waals surface area contributed by atoms with Gasteiger partial charge in [0.25, 0.3) is 5.69 Å². The summed E-state index contributed by atoms with van der Waals surface area (Å²) in [7, 11) is 1.64. The maximum atomic E-state index is 10.8. The van der Waals surface area contributed by atoms with E-state index < -0.39 is 4.92 Å². The van der Waals surface area contributed by atoms with Gasteiger partial charge in [-0.2, -0.15) is 0 Å². The third-order valence-corrected chi connectivity index (χ3v) is 4.93. The van der Waals surface area contributed by atoms with Gasteiger partial charge < -0.3 is 20.1 Å². The van der Waals surface area contributed by atoms with Crippen molar-refractivity contribution in [1.29, 1.82) is 0 Å². The van der Waals surface area contributed by atoms with E-state index in [9.17, 15) is 10.1 Å². The van der Waals surface area contributed by atoms with Crippen molar-refractivity contribution >= 4 is 35.6 Å². The molecule has 1 aliphatic rings. The highest BCUT2D eigenvalue weighted by molar-refractivity contribution is 14.0. The molecule has 3 rings (SSSR count). The molecule has 1 fully saturated rings. The minimum absolute atomic E-state index is 0. The van der Waals surface area contributed by atoms with E-state index >= 15 is 0 Å². The van der Waals surface area contributed by atoms with Gasteiger partial charge in [-0.05, 0) is 42.5 Å². The Morgan fingerprint density at radius 1 is 1.19 bits per heavy atom. The van der Waals surface area contributed by atoms with Gasteiger partial charge in [-0.3, -0.25) is 10.1 Å². The summed E-state index contributed by atoms with van der Waals surface area (Å²) in [4.78, 5) is 15.1. The van der Waals surface area contributed by atoms with E-state index in [4.69, 9.17) is 9.47 Å². The van der Waals surface area contributed by atoms with Crippen LogP contribution in [0.5, 0.6) is 5.75 Å². The number of hydrogen-bond donors (Lipinski definition) is 2. The predicted octanol–water partition coefficient (Wildman–Crippen LogP) is 4.03. The second kappa shape index (κ2) is 13.1. The SMILES string of the molecule is COc1cccc(CN=C(NCc2ccc([N+](=O)[O-])cc2)NCC2CCCCO2)c1.I. The lowest BCUT2D eigenvalue weighted by atomic mass is 10.1. The van der Waals surface area contributed by atoms with Crippen LogP contribution in [-0.2, 0) is 17.8 Å². The maximum absolute atomic E-state index is 10.8. The molecule has 1 aliphatic heterocycles. The minimum Gasteiger partial charge on any atom is -0.497 e. The monoisotopic (exact) mass is 540 g/mol. The molecule has 1 atom stereocenters. The van der Waals surface area contributed by atoms with E-state index in [1.165, 1.54) is 18.6 Å². The van der Waals surface area contributed by atoms with Gasteiger partial charge >= 0.3 is 0 Å². The van der Waals surface area contributed by atoms with Crippen LogP contribution in [-0.4, -0.2) is 37.2 Å². The van der Waals surface area contributed by atoms with Gasteiger partial charge in [-0.15, -0.1) is 24.0 Å². The number of nitrogens with one attached hydrogen (secondary N) is 2. The molecule has 1 saturated heterocycles. The Labute approximate surface area is 199 Å². The third-order valence-electron chi connectivity index (χ3n) is 4.93. The molecule has 2 aromatic rings. The van der Waals surface area contributed by atoms with Crippen LogP contribution in [0.25, 0.3) is 0 Å². The zero-order valence-electron chi connectivity index (χ0n) is 17.6. The zero-order chi connectivity index (χ0) is 21.2. The number of ether oxygens (including phenoxy) is 2. The number of hydrogen-bond acceptors (Lipinski definition) is 5. The lowest BCUT2D eigenvalue weighted by Crippen LogP contribution is -2.42. The number of benzene rings is 2. The maximum Gasteiger partial charge on any atom is 0.269 e. The van der Waals surface area contributed by atoms with E-state index in [0.29, 0.717) is 25.6 Å². The van der Waals surface area contributed by atoms with E-state index in [1.807, 2.05) is 24.3 Å². The summed E-state index contributed by atoms with van der Waals surface area (Å²) in [6, 6.07) is 14.3. The summed E-state index contributed by atoms with van der Waals surface area (Å²) in [6.45, 7) is 2.49. The van der Waals surface area contributed by atoms with Crippen LogP contribution in [0.15, 0.2) is 53.5 Å². The minimum atomic E-state index is -0.399. The predicted molar refractivity (Wildman–Crippen MR) is 131 cm³/mol. The van der Waals surface area contributed by atoms with Crippen molar-refractivity contribution in [1.82, 2.24) is 10.6 Å². The fraction of sp³-hybridized carbons (Fsp3) is 0.409. The number of rotatable bonds is 8. The molecule has 0 aromatic heterocycles. The highest BCUT2D eigenvalue weighted by Gasteiger charge is 2.14. The molecule has 8 nitrogen and oxygen atoms in total. The normalized spacial score (nSPS) is 16.2. The average Bonchev–Trinajstić information content (AvgIpc) is 2.79. The molecule has 0 radical (unpaired) electrons. The molecule has 168 valence electrons. The highest BCUT2D eigenvalue weighted by Crippen LogP contribution is 2.14. The number of nitro benzene ring substituents is 1. The molecule has 31 heavy (non-hydrogen) atoms. The van der Waals surface area contributed by atoms with Gasteiger partial charge in [0.05, 0.1) is 24.7 Å². The van der Waals surface area contributed by atoms with Crippen molar-refractivity contribution in [3.63, 3.8) is 0 Å². The summed E-state index contributed by atoms with van der Waals surface area (Å²) in [6.07, 6.45) is 3.52. The van der Waals surface area contributed by atoms with Crippen LogP contribution in [0, 0.1) is 10.1 Å². The molecule has 2 aromatic carbocycles. The molecule has 0 aliphatic carbocycles. The number of nitrogens with zero attached hydrogens (tertiary/aromatic N) is 2. The molecule has 0 spiro atoms. The van der Waals surface area contributed by atoms with Crippen LogP contribution >= 0.6 is 24.0 Å². The summed E-state index contributed by atoms with van der Waals surface area (Å²) >= 11 is 0. The molecular formula is C22H29IN4O4. The van der Waals surface area contributed by atoms with E-state index in [0.717, 1.165) is 36.3 Å². The van der Waals surface area contributed by atoms with Crippen LogP contribution in [0.4, 0.5) is 5.69 Å². The van der Waals surface area contributed by atoms with Crippen molar-refractivity contribution in [2.75, 3.05) is 20.3 Å². The molecule has 2 N–H and O–H groups in total. The van der Waals surface area contributed by atoms with Crippen molar-refractivity contribution in [3.05, 3.63) is 69.8 Å².